The quantitative estimate of drug-likeness (QED) is 0.266. The summed E-state index contributed by atoms with van der Waals surface area (Å²) in [6.07, 6.45) is 3.29. The number of rotatable bonds is 6. The summed E-state index contributed by atoms with van der Waals surface area (Å²) >= 11 is 0. The molecule has 1 aliphatic heterocycles. The van der Waals surface area contributed by atoms with Crippen LogP contribution in [0.5, 0.6) is 0 Å². The first kappa shape index (κ1) is 26.5. The zero-order chi connectivity index (χ0) is 28.3. The molecule has 0 radical (unpaired) electrons. The van der Waals surface area contributed by atoms with Crippen molar-refractivity contribution in [1.29, 1.82) is 0 Å². The lowest BCUT2D eigenvalue weighted by Crippen LogP contribution is -2.40. The van der Waals surface area contributed by atoms with Crippen LogP contribution in [0.25, 0.3) is 22.3 Å². The summed E-state index contributed by atoms with van der Waals surface area (Å²) in [6.45, 7) is 0.572. The van der Waals surface area contributed by atoms with Crippen molar-refractivity contribution >= 4 is 23.5 Å². The molecule has 2 amide bonds. The van der Waals surface area contributed by atoms with Gasteiger partial charge in [0.15, 0.2) is 0 Å². The van der Waals surface area contributed by atoms with Crippen molar-refractivity contribution in [3.8, 4) is 22.3 Å². The minimum Gasteiger partial charge on any atom is -0.469 e. The van der Waals surface area contributed by atoms with Gasteiger partial charge in [-0.3, -0.25) is 14.4 Å². The molecule has 2 unspecified atom stereocenters. The van der Waals surface area contributed by atoms with Crippen LogP contribution in [0.15, 0.2) is 97.1 Å². The maximum absolute atomic E-state index is 13.4. The highest BCUT2D eigenvalue weighted by Crippen LogP contribution is 2.35. The number of fused-ring (bicyclic) bond motifs is 1. The maximum atomic E-state index is 13.4. The van der Waals surface area contributed by atoms with Crippen LogP contribution in [0, 0.1) is 5.92 Å². The molecular formula is C35H32N2O4. The van der Waals surface area contributed by atoms with E-state index in [9.17, 15) is 14.4 Å². The molecule has 6 nitrogen and oxygen atoms in total. The zero-order valence-corrected chi connectivity index (χ0v) is 23.0. The number of anilines is 1. The Morgan fingerprint density at radius 2 is 1.54 bits per heavy atom. The first-order valence-electron chi connectivity index (χ1n) is 14.1. The second kappa shape index (κ2) is 11.4. The number of ether oxygens (including phenoxy) is 1. The van der Waals surface area contributed by atoms with E-state index in [1.165, 1.54) is 7.11 Å². The molecule has 2 atom stereocenters. The van der Waals surface area contributed by atoms with Gasteiger partial charge in [0.1, 0.15) is 0 Å². The minimum atomic E-state index is -0.179. The standard InChI is InChI=1S/C35H32N2O4/c1-41-35(40)26-10-7-11-29(20-26)37-22-27-15-14-25(21-32(27)34(37)39)23-16-18-28(19-17-23)36-33(38)31-13-6-5-12-30(31)24-8-3-2-4-9-24/h2-6,8-9,12-19,21,26,29H,7,10-11,20,22H2,1H3,(H,36,38). The van der Waals surface area contributed by atoms with Crippen molar-refractivity contribution < 1.29 is 19.1 Å². The maximum Gasteiger partial charge on any atom is 0.308 e. The largest absolute Gasteiger partial charge is 0.469 e. The Kier molecular flexibility index (Phi) is 7.38. The number of nitrogens with zero attached hydrogens (tertiary/aromatic N) is 1. The fourth-order valence-corrected chi connectivity index (χ4v) is 6.12. The summed E-state index contributed by atoms with van der Waals surface area (Å²) in [6, 6.07) is 31.2. The summed E-state index contributed by atoms with van der Waals surface area (Å²) in [5.74, 6) is -0.464. The molecule has 0 saturated heterocycles. The van der Waals surface area contributed by atoms with E-state index in [2.05, 4.69) is 5.32 Å². The molecule has 4 aromatic rings. The van der Waals surface area contributed by atoms with Crippen molar-refractivity contribution in [2.24, 2.45) is 5.92 Å². The van der Waals surface area contributed by atoms with Crippen LogP contribution in [-0.2, 0) is 16.1 Å². The molecule has 206 valence electrons. The van der Waals surface area contributed by atoms with Crippen LogP contribution in [0.4, 0.5) is 5.69 Å². The third-order valence-corrected chi connectivity index (χ3v) is 8.30. The SMILES string of the molecule is COC(=O)C1CCCC(N2Cc3ccc(-c4ccc(NC(=O)c5ccccc5-c5ccccc5)cc4)cc3C2=O)C1. The Morgan fingerprint density at radius 1 is 0.805 bits per heavy atom. The van der Waals surface area contributed by atoms with Crippen LogP contribution in [0.1, 0.15) is 52.0 Å². The third-order valence-electron chi connectivity index (χ3n) is 8.30. The molecule has 41 heavy (non-hydrogen) atoms. The number of esters is 1. The van der Waals surface area contributed by atoms with E-state index in [1.807, 2.05) is 102 Å². The van der Waals surface area contributed by atoms with Gasteiger partial charge in [-0.1, -0.05) is 79.2 Å². The molecule has 0 bridgehead atoms. The van der Waals surface area contributed by atoms with Gasteiger partial charge >= 0.3 is 5.97 Å². The van der Waals surface area contributed by atoms with Gasteiger partial charge in [0.05, 0.1) is 13.0 Å². The van der Waals surface area contributed by atoms with Crippen molar-refractivity contribution in [3.05, 3.63) is 114 Å². The fourth-order valence-electron chi connectivity index (χ4n) is 6.12. The average Bonchev–Trinajstić information content (AvgIpc) is 3.37. The molecular weight excluding hydrogens is 512 g/mol. The Morgan fingerprint density at radius 3 is 2.32 bits per heavy atom. The third kappa shape index (κ3) is 5.38. The van der Waals surface area contributed by atoms with E-state index in [0.717, 1.165) is 52.6 Å². The molecule has 6 rings (SSSR count). The summed E-state index contributed by atoms with van der Waals surface area (Å²) < 4.78 is 4.96. The first-order valence-corrected chi connectivity index (χ1v) is 14.1. The number of carbonyl (C=O) groups is 3. The normalized spacial score (nSPS) is 18.1. The Bertz CT molecular complexity index is 1600. The van der Waals surface area contributed by atoms with Gasteiger partial charge in [-0.05, 0) is 71.3 Å². The second-order valence-corrected chi connectivity index (χ2v) is 10.8. The van der Waals surface area contributed by atoms with Crippen molar-refractivity contribution in [2.75, 3.05) is 12.4 Å². The monoisotopic (exact) mass is 544 g/mol. The molecule has 2 aliphatic rings. The van der Waals surface area contributed by atoms with Crippen molar-refractivity contribution in [3.63, 3.8) is 0 Å². The van der Waals surface area contributed by atoms with Gasteiger partial charge in [-0.15, -0.1) is 0 Å². The van der Waals surface area contributed by atoms with Gasteiger partial charge in [-0.25, -0.2) is 0 Å². The van der Waals surface area contributed by atoms with Crippen molar-refractivity contribution in [1.82, 2.24) is 4.90 Å². The minimum absolute atomic E-state index is 0.0262. The number of hydrogen-bond acceptors (Lipinski definition) is 4. The summed E-state index contributed by atoms with van der Waals surface area (Å²) in [5, 5.41) is 3.02. The molecule has 6 heteroatoms. The summed E-state index contributed by atoms with van der Waals surface area (Å²) in [4.78, 5) is 40.6. The molecule has 1 saturated carbocycles. The first-order chi connectivity index (χ1) is 20.0. The Balaban J connectivity index is 1.16. The average molecular weight is 545 g/mol. The number of hydrogen-bond donors (Lipinski definition) is 1. The van der Waals surface area contributed by atoms with Crippen LogP contribution in [0.2, 0.25) is 0 Å². The topological polar surface area (TPSA) is 75.7 Å². The number of carbonyl (C=O) groups excluding carboxylic acids is 3. The highest BCUT2D eigenvalue weighted by atomic mass is 16.5. The number of methoxy groups -OCH3 is 1. The fraction of sp³-hybridized carbons (Fsp3) is 0.229. The number of benzene rings is 4. The van der Waals surface area contributed by atoms with Crippen LogP contribution < -0.4 is 5.32 Å². The number of amides is 2. The highest BCUT2D eigenvalue weighted by molar-refractivity contribution is 6.08. The van der Waals surface area contributed by atoms with Gasteiger partial charge < -0.3 is 15.0 Å². The Labute approximate surface area is 240 Å². The molecule has 1 fully saturated rings. The zero-order valence-electron chi connectivity index (χ0n) is 23.0. The number of nitrogens with one attached hydrogen (secondary N) is 1. The van der Waals surface area contributed by atoms with E-state index in [1.54, 1.807) is 0 Å². The van der Waals surface area contributed by atoms with Crippen LogP contribution >= 0.6 is 0 Å². The van der Waals surface area contributed by atoms with E-state index in [0.29, 0.717) is 24.2 Å². The second-order valence-electron chi connectivity index (χ2n) is 10.8. The lowest BCUT2D eigenvalue weighted by atomic mass is 9.85. The Hall–Kier alpha value is -4.71. The molecule has 4 aromatic carbocycles. The van der Waals surface area contributed by atoms with E-state index in [-0.39, 0.29) is 29.7 Å². The summed E-state index contributed by atoms with van der Waals surface area (Å²) in [7, 11) is 1.43. The molecule has 0 spiro atoms. The smallest absolute Gasteiger partial charge is 0.308 e. The van der Waals surface area contributed by atoms with Crippen LogP contribution in [-0.4, -0.2) is 35.8 Å². The van der Waals surface area contributed by atoms with E-state index >= 15 is 0 Å². The lowest BCUT2D eigenvalue weighted by Gasteiger charge is -2.34. The summed E-state index contributed by atoms with van der Waals surface area (Å²) in [5.41, 5.74) is 6.83. The van der Waals surface area contributed by atoms with E-state index in [4.69, 9.17) is 4.74 Å². The van der Waals surface area contributed by atoms with Gasteiger partial charge in [0.25, 0.3) is 11.8 Å². The molecule has 1 N–H and O–H groups in total. The predicted molar refractivity (Wildman–Crippen MR) is 159 cm³/mol. The van der Waals surface area contributed by atoms with Crippen LogP contribution in [0.3, 0.4) is 0 Å². The molecule has 1 aliphatic carbocycles. The van der Waals surface area contributed by atoms with Crippen molar-refractivity contribution in [2.45, 2.75) is 38.3 Å². The van der Waals surface area contributed by atoms with Gasteiger partial charge in [0, 0.05) is 29.4 Å². The van der Waals surface area contributed by atoms with E-state index < -0.39 is 0 Å². The molecule has 0 aromatic heterocycles. The molecule has 1 heterocycles. The predicted octanol–water partition coefficient (Wildman–Crippen LogP) is 6.96. The lowest BCUT2D eigenvalue weighted by molar-refractivity contribution is -0.147. The highest BCUT2D eigenvalue weighted by Gasteiger charge is 2.37. The van der Waals surface area contributed by atoms with Gasteiger partial charge in [0.2, 0.25) is 0 Å². The van der Waals surface area contributed by atoms with Gasteiger partial charge in [-0.2, -0.15) is 0 Å².